The van der Waals surface area contributed by atoms with Gasteiger partial charge in [-0.1, -0.05) is 12.1 Å². The first-order valence-electron chi connectivity index (χ1n) is 9.24. The molecule has 5 heteroatoms. The van der Waals surface area contributed by atoms with Crippen molar-refractivity contribution < 1.29 is 13.9 Å². The zero-order valence-corrected chi connectivity index (χ0v) is 14.7. The number of anilines is 1. The van der Waals surface area contributed by atoms with Crippen LogP contribution in [0.4, 0.5) is 10.1 Å². The van der Waals surface area contributed by atoms with Crippen molar-refractivity contribution in [2.45, 2.75) is 31.7 Å². The van der Waals surface area contributed by atoms with Crippen molar-refractivity contribution in [1.82, 2.24) is 4.90 Å². The molecule has 1 atom stereocenters. The third-order valence-electron chi connectivity index (χ3n) is 5.22. The minimum absolute atomic E-state index is 0.0728. The second kappa shape index (κ2) is 7.46. The molecular formula is C21H23FN2O2. The number of nitrogens with zero attached hydrogens (tertiary/aromatic N) is 1. The van der Waals surface area contributed by atoms with Crippen LogP contribution in [-0.4, -0.2) is 30.5 Å². The average molecular weight is 354 g/mol. The first-order chi connectivity index (χ1) is 12.7. The number of hydrogen-bond acceptors (Lipinski definition) is 3. The molecular weight excluding hydrogens is 331 g/mol. The van der Waals surface area contributed by atoms with Crippen LogP contribution in [0.3, 0.4) is 0 Å². The van der Waals surface area contributed by atoms with E-state index < -0.39 is 0 Å². The van der Waals surface area contributed by atoms with E-state index in [1.807, 2.05) is 24.3 Å². The van der Waals surface area contributed by atoms with Crippen LogP contribution >= 0.6 is 0 Å². The number of benzene rings is 2. The molecule has 26 heavy (non-hydrogen) atoms. The molecule has 1 saturated heterocycles. The second-order valence-electron chi connectivity index (χ2n) is 6.96. The molecule has 1 fully saturated rings. The van der Waals surface area contributed by atoms with Gasteiger partial charge in [0.25, 0.3) is 0 Å². The Kier molecular flexibility index (Phi) is 4.89. The van der Waals surface area contributed by atoms with Crippen LogP contribution in [0, 0.1) is 5.82 Å². The van der Waals surface area contributed by atoms with Crippen molar-refractivity contribution >= 4 is 11.6 Å². The SMILES string of the molecule is O=C1CCc2cc(OCCN3CCCC3c3cccc(F)c3)ccc2N1. The summed E-state index contributed by atoms with van der Waals surface area (Å²) in [4.78, 5) is 13.8. The molecule has 0 bridgehead atoms. The van der Waals surface area contributed by atoms with Gasteiger partial charge in [-0.2, -0.15) is 0 Å². The van der Waals surface area contributed by atoms with Crippen molar-refractivity contribution in [3.05, 3.63) is 59.4 Å². The van der Waals surface area contributed by atoms with Crippen molar-refractivity contribution in [3.8, 4) is 5.75 Å². The summed E-state index contributed by atoms with van der Waals surface area (Å²) in [6.45, 7) is 2.42. The first kappa shape index (κ1) is 17.0. The fourth-order valence-corrected chi connectivity index (χ4v) is 3.92. The van der Waals surface area contributed by atoms with E-state index in [0.29, 0.717) is 13.0 Å². The lowest BCUT2D eigenvalue weighted by atomic mass is 10.0. The third-order valence-corrected chi connectivity index (χ3v) is 5.22. The lowest BCUT2D eigenvalue weighted by Gasteiger charge is -2.25. The van der Waals surface area contributed by atoms with Gasteiger partial charge in [0.2, 0.25) is 5.91 Å². The van der Waals surface area contributed by atoms with Gasteiger partial charge in [-0.15, -0.1) is 0 Å². The Morgan fingerprint density at radius 2 is 2.12 bits per heavy atom. The molecule has 2 aromatic rings. The van der Waals surface area contributed by atoms with Gasteiger partial charge in [0.1, 0.15) is 18.2 Å². The van der Waals surface area contributed by atoms with Crippen LogP contribution in [0.2, 0.25) is 0 Å². The van der Waals surface area contributed by atoms with E-state index >= 15 is 0 Å². The van der Waals surface area contributed by atoms with Crippen LogP contribution in [0.5, 0.6) is 5.75 Å². The fraction of sp³-hybridized carbons (Fsp3) is 0.381. The number of aryl methyl sites for hydroxylation is 1. The van der Waals surface area contributed by atoms with Crippen molar-refractivity contribution in [2.24, 2.45) is 0 Å². The summed E-state index contributed by atoms with van der Waals surface area (Å²) in [6, 6.07) is 13.0. The van der Waals surface area contributed by atoms with Crippen LogP contribution in [0.25, 0.3) is 0 Å². The number of halogens is 1. The maximum absolute atomic E-state index is 13.5. The highest BCUT2D eigenvalue weighted by Crippen LogP contribution is 2.32. The second-order valence-corrected chi connectivity index (χ2v) is 6.96. The van der Waals surface area contributed by atoms with Crippen LogP contribution in [0.15, 0.2) is 42.5 Å². The van der Waals surface area contributed by atoms with Gasteiger partial charge in [-0.3, -0.25) is 9.69 Å². The zero-order chi connectivity index (χ0) is 17.9. The number of carbonyl (C=O) groups is 1. The van der Waals surface area contributed by atoms with E-state index in [4.69, 9.17) is 4.74 Å². The number of rotatable bonds is 5. The molecule has 0 saturated carbocycles. The predicted molar refractivity (Wildman–Crippen MR) is 98.8 cm³/mol. The highest BCUT2D eigenvalue weighted by molar-refractivity contribution is 5.93. The number of carbonyl (C=O) groups excluding carboxylic acids is 1. The molecule has 2 aliphatic rings. The van der Waals surface area contributed by atoms with Gasteiger partial charge < -0.3 is 10.1 Å². The molecule has 0 spiro atoms. The van der Waals surface area contributed by atoms with Crippen molar-refractivity contribution in [2.75, 3.05) is 25.0 Å². The number of hydrogen-bond donors (Lipinski definition) is 1. The standard InChI is InChI=1S/C21H23FN2O2/c22-17-4-1-3-16(13-17)20-5-2-10-24(20)11-12-26-18-7-8-19-15(14-18)6-9-21(25)23-19/h1,3-4,7-8,13-14,20H,2,5-6,9-12H2,(H,23,25). The normalized spacial score (nSPS) is 19.9. The molecule has 1 unspecified atom stereocenters. The van der Waals surface area contributed by atoms with E-state index in [0.717, 1.165) is 54.9 Å². The molecule has 2 aliphatic heterocycles. The summed E-state index contributed by atoms with van der Waals surface area (Å²) in [5.41, 5.74) is 3.06. The third kappa shape index (κ3) is 3.73. The van der Waals surface area contributed by atoms with E-state index in [1.54, 1.807) is 12.1 Å². The van der Waals surface area contributed by atoms with Gasteiger partial charge in [0.15, 0.2) is 0 Å². The van der Waals surface area contributed by atoms with Gasteiger partial charge >= 0.3 is 0 Å². The Balaban J connectivity index is 1.35. The van der Waals surface area contributed by atoms with Gasteiger partial charge in [-0.25, -0.2) is 4.39 Å². The number of ether oxygens (including phenoxy) is 1. The molecule has 2 aromatic carbocycles. The molecule has 0 aromatic heterocycles. The first-order valence-corrected chi connectivity index (χ1v) is 9.24. The molecule has 2 heterocycles. The van der Waals surface area contributed by atoms with E-state index in [-0.39, 0.29) is 17.8 Å². The Bertz CT molecular complexity index is 808. The summed E-state index contributed by atoms with van der Waals surface area (Å²) in [6.07, 6.45) is 3.47. The number of fused-ring (bicyclic) bond motifs is 1. The minimum atomic E-state index is -0.174. The van der Waals surface area contributed by atoms with E-state index in [2.05, 4.69) is 10.2 Å². The summed E-state index contributed by atoms with van der Waals surface area (Å²) in [5.74, 6) is 0.733. The highest BCUT2D eigenvalue weighted by atomic mass is 19.1. The Labute approximate surface area is 153 Å². The summed E-state index contributed by atoms with van der Waals surface area (Å²) >= 11 is 0. The Morgan fingerprint density at radius 1 is 1.19 bits per heavy atom. The van der Waals surface area contributed by atoms with Crippen molar-refractivity contribution in [1.29, 1.82) is 0 Å². The number of nitrogens with one attached hydrogen (secondary N) is 1. The highest BCUT2D eigenvalue weighted by Gasteiger charge is 2.26. The number of amides is 1. The van der Waals surface area contributed by atoms with Crippen molar-refractivity contribution in [3.63, 3.8) is 0 Å². The molecule has 1 amide bonds. The topological polar surface area (TPSA) is 41.6 Å². The summed E-state index contributed by atoms with van der Waals surface area (Å²) in [7, 11) is 0. The molecule has 1 N–H and O–H groups in total. The van der Waals surface area contributed by atoms with Gasteiger partial charge in [-0.05, 0) is 67.3 Å². The maximum Gasteiger partial charge on any atom is 0.224 e. The predicted octanol–water partition coefficient (Wildman–Crippen LogP) is 3.93. The van der Waals surface area contributed by atoms with E-state index in [9.17, 15) is 9.18 Å². The fourth-order valence-electron chi connectivity index (χ4n) is 3.92. The Morgan fingerprint density at radius 3 is 3.00 bits per heavy atom. The average Bonchev–Trinajstić information content (AvgIpc) is 3.10. The van der Waals surface area contributed by atoms with Gasteiger partial charge in [0, 0.05) is 24.7 Å². The Hall–Kier alpha value is -2.40. The number of likely N-dealkylation sites (tertiary alicyclic amines) is 1. The van der Waals surface area contributed by atoms with Crippen LogP contribution < -0.4 is 10.1 Å². The maximum atomic E-state index is 13.5. The quantitative estimate of drug-likeness (QED) is 0.885. The molecule has 0 aliphatic carbocycles. The monoisotopic (exact) mass is 354 g/mol. The zero-order valence-electron chi connectivity index (χ0n) is 14.7. The lowest BCUT2D eigenvalue weighted by Crippen LogP contribution is -2.28. The lowest BCUT2D eigenvalue weighted by molar-refractivity contribution is -0.116. The minimum Gasteiger partial charge on any atom is -0.492 e. The molecule has 0 radical (unpaired) electrons. The smallest absolute Gasteiger partial charge is 0.224 e. The van der Waals surface area contributed by atoms with Crippen LogP contribution in [0.1, 0.15) is 36.4 Å². The molecule has 4 rings (SSSR count). The van der Waals surface area contributed by atoms with E-state index in [1.165, 1.54) is 6.07 Å². The van der Waals surface area contributed by atoms with Crippen LogP contribution in [-0.2, 0) is 11.2 Å². The summed E-state index contributed by atoms with van der Waals surface area (Å²) < 4.78 is 19.5. The largest absolute Gasteiger partial charge is 0.492 e. The summed E-state index contributed by atoms with van der Waals surface area (Å²) in [5, 5.41) is 2.88. The molecule has 136 valence electrons. The molecule has 4 nitrogen and oxygen atoms in total. The van der Waals surface area contributed by atoms with Gasteiger partial charge in [0.05, 0.1) is 0 Å².